The number of anilines is 1. The number of aromatic nitrogens is 2. The highest BCUT2D eigenvalue weighted by Crippen LogP contribution is 2.19. The van der Waals surface area contributed by atoms with Crippen LogP contribution in [0.1, 0.15) is 17.0 Å². The fourth-order valence-corrected chi connectivity index (χ4v) is 2.16. The van der Waals surface area contributed by atoms with Gasteiger partial charge in [0.1, 0.15) is 6.54 Å². The van der Waals surface area contributed by atoms with Crippen molar-refractivity contribution in [2.75, 3.05) is 5.32 Å². The second-order valence-electron chi connectivity index (χ2n) is 4.92. The molecule has 0 aliphatic heterocycles. The van der Waals surface area contributed by atoms with Crippen molar-refractivity contribution in [3.05, 3.63) is 56.7 Å². The monoisotopic (exact) mass is 305 g/mol. The zero-order valence-corrected chi connectivity index (χ0v) is 12.9. The first-order valence-electron chi connectivity index (χ1n) is 6.48. The summed E-state index contributed by atoms with van der Waals surface area (Å²) in [5.41, 5.74) is 2.44. The summed E-state index contributed by atoms with van der Waals surface area (Å²) >= 11 is 6.01. The number of carbonyl (C=O) groups is 1. The van der Waals surface area contributed by atoms with Gasteiger partial charge in [-0.3, -0.25) is 9.36 Å². The Kier molecular flexibility index (Phi) is 4.43. The Labute approximate surface area is 127 Å². The van der Waals surface area contributed by atoms with Crippen LogP contribution in [0.4, 0.5) is 5.69 Å². The molecule has 1 aromatic carbocycles. The molecule has 0 atom stereocenters. The van der Waals surface area contributed by atoms with Gasteiger partial charge < -0.3 is 5.32 Å². The molecule has 0 unspecified atom stereocenters. The number of benzene rings is 1. The second-order valence-corrected chi connectivity index (χ2v) is 5.33. The van der Waals surface area contributed by atoms with E-state index in [0.29, 0.717) is 22.1 Å². The molecular weight excluding hydrogens is 290 g/mol. The topological polar surface area (TPSA) is 64.0 Å². The van der Waals surface area contributed by atoms with Crippen LogP contribution in [0.5, 0.6) is 0 Å². The quantitative estimate of drug-likeness (QED) is 0.947. The minimum Gasteiger partial charge on any atom is -0.324 e. The van der Waals surface area contributed by atoms with Gasteiger partial charge in [0.25, 0.3) is 0 Å². The van der Waals surface area contributed by atoms with Crippen molar-refractivity contribution in [2.45, 2.75) is 27.3 Å². The fourth-order valence-electron chi connectivity index (χ4n) is 1.98. The summed E-state index contributed by atoms with van der Waals surface area (Å²) in [6.07, 6.45) is 0. The molecule has 2 aromatic rings. The van der Waals surface area contributed by atoms with Gasteiger partial charge >= 0.3 is 5.69 Å². The Morgan fingerprint density at radius 2 is 2.00 bits per heavy atom. The van der Waals surface area contributed by atoms with E-state index in [1.54, 1.807) is 32.0 Å². The first-order chi connectivity index (χ1) is 9.86. The van der Waals surface area contributed by atoms with Crippen molar-refractivity contribution in [1.82, 2.24) is 9.55 Å². The third-order valence-corrected chi connectivity index (χ3v) is 3.51. The summed E-state index contributed by atoms with van der Waals surface area (Å²) < 4.78 is 1.33. The average Bonchev–Trinajstić information content (AvgIpc) is 2.38. The Hall–Kier alpha value is -2.14. The maximum absolute atomic E-state index is 12.0. The highest BCUT2D eigenvalue weighted by Gasteiger charge is 2.09. The lowest BCUT2D eigenvalue weighted by Gasteiger charge is -2.10. The molecule has 1 heterocycles. The molecule has 0 saturated heterocycles. The van der Waals surface area contributed by atoms with E-state index in [1.165, 1.54) is 4.57 Å². The van der Waals surface area contributed by atoms with Crippen LogP contribution in [-0.4, -0.2) is 15.5 Å². The Morgan fingerprint density at radius 1 is 1.29 bits per heavy atom. The molecule has 0 aliphatic carbocycles. The van der Waals surface area contributed by atoms with Crippen molar-refractivity contribution in [3.8, 4) is 0 Å². The number of rotatable bonds is 3. The minimum absolute atomic E-state index is 0.0799. The normalized spacial score (nSPS) is 10.5. The van der Waals surface area contributed by atoms with Gasteiger partial charge in [0.2, 0.25) is 5.91 Å². The molecule has 5 nitrogen and oxygen atoms in total. The Balaban J connectivity index is 2.15. The molecule has 21 heavy (non-hydrogen) atoms. The van der Waals surface area contributed by atoms with Crippen LogP contribution in [0.15, 0.2) is 29.1 Å². The van der Waals surface area contributed by atoms with Gasteiger partial charge in [0, 0.05) is 22.1 Å². The van der Waals surface area contributed by atoms with E-state index in [0.717, 1.165) is 5.56 Å². The molecule has 1 amide bonds. The molecule has 0 spiro atoms. The summed E-state index contributed by atoms with van der Waals surface area (Å²) in [5.74, 6) is -0.300. The number of hydrogen-bond donors (Lipinski definition) is 1. The van der Waals surface area contributed by atoms with Crippen LogP contribution >= 0.6 is 11.6 Å². The summed E-state index contributed by atoms with van der Waals surface area (Å²) in [6, 6.07) is 7.03. The first-order valence-corrected chi connectivity index (χ1v) is 6.85. The zero-order valence-electron chi connectivity index (χ0n) is 12.1. The van der Waals surface area contributed by atoms with Gasteiger partial charge in [-0.25, -0.2) is 4.79 Å². The van der Waals surface area contributed by atoms with E-state index < -0.39 is 5.69 Å². The highest BCUT2D eigenvalue weighted by molar-refractivity contribution is 6.31. The predicted octanol–water partition coefficient (Wildman–Crippen LogP) is 2.46. The van der Waals surface area contributed by atoms with Gasteiger partial charge in [-0.15, -0.1) is 0 Å². The summed E-state index contributed by atoms with van der Waals surface area (Å²) in [6.45, 7) is 5.32. The lowest BCUT2D eigenvalue weighted by molar-refractivity contribution is -0.116. The first kappa shape index (κ1) is 15.3. The van der Waals surface area contributed by atoms with Crippen molar-refractivity contribution in [3.63, 3.8) is 0 Å². The van der Waals surface area contributed by atoms with Gasteiger partial charge in [-0.05, 0) is 44.5 Å². The highest BCUT2D eigenvalue weighted by atomic mass is 35.5. The van der Waals surface area contributed by atoms with E-state index in [1.807, 2.05) is 13.0 Å². The van der Waals surface area contributed by atoms with Gasteiger partial charge in [-0.1, -0.05) is 17.7 Å². The average molecular weight is 306 g/mol. The molecule has 0 saturated carbocycles. The SMILES string of the molecule is Cc1cc(C)n(CC(=O)Nc2ccc(C)c(Cl)c2)c(=O)n1. The van der Waals surface area contributed by atoms with Gasteiger partial charge in [-0.2, -0.15) is 4.98 Å². The lowest BCUT2D eigenvalue weighted by atomic mass is 10.2. The van der Waals surface area contributed by atoms with Crippen LogP contribution in [0.3, 0.4) is 0 Å². The Morgan fingerprint density at radius 3 is 2.62 bits per heavy atom. The van der Waals surface area contributed by atoms with E-state index in [9.17, 15) is 9.59 Å². The van der Waals surface area contributed by atoms with Gasteiger partial charge in [0.15, 0.2) is 0 Å². The van der Waals surface area contributed by atoms with Crippen molar-refractivity contribution >= 4 is 23.2 Å². The smallest absolute Gasteiger partial charge is 0.324 e. The third-order valence-electron chi connectivity index (χ3n) is 3.10. The Bertz CT molecular complexity index is 753. The van der Waals surface area contributed by atoms with Crippen LogP contribution < -0.4 is 11.0 Å². The molecule has 0 bridgehead atoms. The van der Waals surface area contributed by atoms with Crippen molar-refractivity contribution in [1.29, 1.82) is 0 Å². The summed E-state index contributed by atoms with van der Waals surface area (Å²) in [7, 11) is 0. The number of hydrogen-bond acceptors (Lipinski definition) is 3. The second kappa shape index (κ2) is 6.10. The molecule has 0 fully saturated rings. The molecule has 1 N–H and O–H groups in total. The molecular formula is C15H16ClN3O2. The van der Waals surface area contributed by atoms with Crippen LogP contribution in [0, 0.1) is 20.8 Å². The van der Waals surface area contributed by atoms with Gasteiger partial charge in [0.05, 0.1) is 0 Å². The molecule has 6 heteroatoms. The standard InChI is InChI=1S/C15H16ClN3O2/c1-9-4-5-12(7-13(9)16)18-14(20)8-19-11(3)6-10(2)17-15(19)21/h4-7H,8H2,1-3H3,(H,18,20). The van der Waals surface area contributed by atoms with Crippen LogP contribution in [0.2, 0.25) is 5.02 Å². The molecule has 110 valence electrons. The van der Waals surface area contributed by atoms with E-state index in [4.69, 9.17) is 11.6 Å². The number of halogens is 1. The predicted molar refractivity (Wildman–Crippen MR) is 82.8 cm³/mol. The molecule has 2 rings (SSSR count). The molecule has 1 aromatic heterocycles. The van der Waals surface area contributed by atoms with E-state index in [2.05, 4.69) is 10.3 Å². The van der Waals surface area contributed by atoms with Crippen LogP contribution in [-0.2, 0) is 11.3 Å². The number of aryl methyl sites for hydroxylation is 3. The third kappa shape index (κ3) is 3.70. The number of amides is 1. The van der Waals surface area contributed by atoms with Crippen molar-refractivity contribution < 1.29 is 4.79 Å². The van der Waals surface area contributed by atoms with E-state index in [-0.39, 0.29) is 12.5 Å². The maximum Gasteiger partial charge on any atom is 0.348 e. The summed E-state index contributed by atoms with van der Waals surface area (Å²) in [4.78, 5) is 27.7. The largest absolute Gasteiger partial charge is 0.348 e. The number of carbonyl (C=O) groups excluding carboxylic acids is 1. The minimum atomic E-state index is -0.426. The molecule has 0 radical (unpaired) electrons. The summed E-state index contributed by atoms with van der Waals surface area (Å²) in [5, 5.41) is 3.30. The number of nitrogens with one attached hydrogen (secondary N) is 1. The van der Waals surface area contributed by atoms with E-state index >= 15 is 0 Å². The van der Waals surface area contributed by atoms with Crippen LogP contribution in [0.25, 0.3) is 0 Å². The van der Waals surface area contributed by atoms with Crippen molar-refractivity contribution in [2.24, 2.45) is 0 Å². The lowest BCUT2D eigenvalue weighted by Crippen LogP contribution is -2.31. The molecule has 0 aliphatic rings. The zero-order chi connectivity index (χ0) is 15.6. The number of nitrogens with zero attached hydrogens (tertiary/aromatic N) is 2. The fraction of sp³-hybridized carbons (Fsp3) is 0.267. The maximum atomic E-state index is 12.0.